The largest absolute Gasteiger partial charge is 0.493 e. The molecule has 0 spiro atoms. The zero-order chi connectivity index (χ0) is 17.8. The van der Waals surface area contributed by atoms with Gasteiger partial charge in [0.05, 0.1) is 14.2 Å². The second kappa shape index (κ2) is 8.09. The predicted octanol–water partition coefficient (Wildman–Crippen LogP) is 3.07. The molecule has 2 saturated heterocycles. The van der Waals surface area contributed by atoms with Gasteiger partial charge in [-0.05, 0) is 25.3 Å². The molecule has 2 heterocycles. The van der Waals surface area contributed by atoms with Crippen LogP contribution in [0.1, 0.15) is 44.6 Å². The maximum absolute atomic E-state index is 12.1. The molecule has 25 heavy (non-hydrogen) atoms. The van der Waals surface area contributed by atoms with E-state index < -0.39 is 0 Å². The van der Waals surface area contributed by atoms with Gasteiger partial charge in [-0.15, -0.1) is 0 Å². The molecule has 0 radical (unpaired) electrons. The molecule has 2 fully saturated rings. The van der Waals surface area contributed by atoms with Gasteiger partial charge in [0, 0.05) is 44.2 Å². The minimum absolute atomic E-state index is 0.220. The number of benzene rings is 1. The van der Waals surface area contributed by atoms with Crippen LogP contribution in [0.4, 0.5) is 0 Å². The van der Waals surface area contributed by atoms with Crippen molar-refractivity contribution < 1.29 is 14.3 Å². The molecule has 0 aliphatic carbocycles. The number of fused-ring (bicyclic) bond motifs is 1. The van der Waals surface area contributed by atoms with Gasteiger partial charge in [-0.3, -0.25) is 9.69 Å². The van der Waals surface area contributed by atoms with Crippen LogP contribution in [-0.2, 0) is 11.3 Å². The van der Waals surface area contributed by atoms with E-state index in [-0.39, 0.29) is 5.91 Å². The smallest absolute Gasteiger partial charge is 0.219 e. The zero-order valence-electron chi connectivity index (χ0n) is 15.7. The van der Waals surface area contributed by atoms with Crippen molar-refractivity contribution in [3.63, 3.8) is 0 Å². The highest BCUT2D eigenvalue weighted by atomic mass is 16.5. The predicted molar refractivity (Wildman–Crippen MR) is 98.0 cm³/mol. The van der Waals surface area contributed by atoms with E-state index >= 15 is 0 Å². The molecule has 2 aliphatic rings. The Morgan fingerprint density at radius 1 is 1.08 bits per heavy atom. The third-order valence-corrected chi connectivity index (χ3v) is 5.69. The van der Waals surface area contributed by atoms with E-state index in [1.165, 1.54) is 19.3 Å². The molecular formula is C20H30N2O3. The van der Waals surface area contributed by atoms with Gasteiger partial charge in [0.15, 0.2) is 11.5 Å². The van der Waals surface area contributed by atoms with Crippen LogP contribution in [-0.4, -0.2) is 55.1 Å². The number of carbonyl (C=O) groups excluding carboxylic acids is 1. The van der Waals surface area contributed by atoms with Crippen LogP contribution in [0.2, 0.25) is 0 Å². The number of ether oxygens (including phenoxy) is 2. The molecule has 1 aromatic rings. The molecule has 0 unspecified atom stereocenters. The Morgan fingerprint density at radius 2 is 1.92 bits per heavy atom. The number of amides is 1. The fourth-order valence-corrected chi connectivity index (χ4v) is 4.50. The van der Waals surface area contributed by atoms with Crippen LogP contribution in [0.5, 0.6) is 11.5 Å². The summed E-state index contributed by atoms with van der Waals surface area (Å²) in [6.07, 6.45) is 5.83. The summed E-state index contributed by atoms with van der Waals surface area (Å²) in [7, 11) is 3.37. The molecule has 1 aromatic carbocycles. The van der Waals surface area contributed by atoms with Gasteiger partial charge in [-0.1, -0.05) is 25.0 Å². The Kier molecular flexibility index (Phi) is 5.84. The van der Waals surface area contributed by atoms with Gasteiger partial charge in [0.25, 0.3) is 0 Å². The SMILES string of the molecule is COc1cccc(CN2CC[C@H]3[C@H]2CCCCCN3C(C)=O)c1OC. The average Bonchev–Trinajstić information content (AvgIpc) is 2.95. The highest BCUT2D eigenvalue weighted by Gasteiger charge is 2.39. The molecule has 3 rings (SSSR count). The van der Waals surface area contributed by atoms with Gasteiger partial charge in [0.2, 0.25) is 5.91 Å². The Bertz CT molecular complexity index is 605. The van der Waals surface area contributed by atoms with Gasteiger partial charge >= 0.3 is 0 Å². The topological polar surface area (TPSA) is 42.0 Å². The molecule has 138 valence electrons. The van der Waals surface area contributed by atoms with Crippen molar-refractivity contribution in [2.75, 3.05) is 27.3 Å². The minimum atomic E-state index is 0.220. The molecule has 0 bridgehead atoms. The van der Waals surface area contributed by atoms with Crippen LogP contribution < -0.4 is 9.47 Å². The van der Waals surface area contributed by atoms with Gasteiger partial charge in [-0.2, -0.15) is 0 Å². The quantitative estimate of drug-likeness (QED) is 0.840. The molecule has 0 N–H and O–H groups in total. The van der Waals surface area contributed by atoms with Crippen molar-refractivity contribution in [2.24, 2.45) is 0 Å². The standard InChI is InChI=1S/C20H30N2O3/c1-15(23)22-12-6-4-5-9-17-18(22)11-13-21(17)14-16-8-7-10-19(24-2)20(16)25-3/h7-8,10,17-18H,4-6,9,11-14H2,1-3H3/t17-,18+/m1/s1. The number of hydrogen-bond acceptors (Lipinski definition) is 4. The first-order valence-corrected chi connectivity index (χ1v) is 9.36. The molecule has 2 aliphatic heterocycles. The second-order valence-electron chi connectivity index (χ2n) is 7.11. The van der Waals surface area contributed by atoms with E-state index in [0.717, 1.165) is 49.5 Å². The molecule has 0 saturated carbocycles. The van der Waals surface area contributed by atoms with E-state index in [1.54, 1.807) is 21.1 Å². The third-order valence-electron chi connectivity index (χ3n) is 5.69. The molecule has 2 atom stereocenters. The van der Waals surface area contributed by atoms with Crippen LogP contribution in [0.15, 0.2) is 18.2 Å². The van der Waals surface area contributed by atoms with Crippen molar-refractivity contribution in [3.05, 3.63) is 23.8 Å². The zero-order valence-corrected chi connectivity index (χ0v) is 15.7. The van der Waals surface area contributed by atoms with E-state index in [1.807, 2.05) is 12.1 Å². The highest BCUT2D eigenvalue weighted by molar-refractivity contribution is 5.73. The van der Waals surface area contributed by atoms with Crippen LogP contribution in [0.25, 0.3) is 0 Å². The third kappa shape index (κ3) is 3.76. The van der Waals surface area contributed by atoms with Crippen molar-refractivity contribution in [1.82, 2.24) is 9.80 Å². The lowest BCUT2D eigenvalue weighted by Crippen LogP contribution is -2.48. The second-order valence-corrected chi connectivity index (χ2v) is 7.11. The fourth-order valence-electron chi connectivity index (χ4n) is 4.50. The Morgan fingerprint density at radius 3 is 2.64 bits per heavy atom. The summed E-state index contributed by atoms with van der Waals surface area (Å²) in [5, 5.41) is 0. The summed E-state index contributed by atoms with van der Waals surface area (Å²) in [5.41, 5.74) is 1.15. The van der Waals surface area contributed by atoms with Crippen LogP contribution in [0.3, 0.4) is 0 Å². The molecule has 5 nitrogen and oxygen atoms in total. The van der Waals surface area contributed by atoms with Crippen molar-refractivity contribution in [1.29, 1.82) is 0 Å². The lowest BCUT2D eigenvalue weighted by atomic mass is 9.97. The number of likely N-dealkylation sites (tertiary alicyclic amines) is 2. The van der Waals surface area contributed by atoms with E-state index in [4.69, 9.17) is 9.47 Å². The maximum Gasteiger partial charge on any atom is 0.219 e. The van der Waals surface area contributed by atoms with Gasteiger partial charge in [-0.25, -0.2) is 0 Å². The molecule has 5 heteroatoms. The average molecular weight is 346 g/mol. The summed E-state index contributed by atoms with van der Waals surface area (Å²) in [6, 6.07) is 6.86. The fraction of sp³-hybridized carbons (Fsp3) is 0.650. The van der Waals surface area contributed by atoms with Crippen LogP contribution >= 0.6 is 0 Å². The number of methoxy groups -OCH3 is 2. The summed E-state index contributed by atoms with van der Waals surface area (Å²) in [5.74, 6) is 1.82. The maximum atomic E-state index is 12.1. The van der Waals surface area contributed by atoms with Crippen molar-refractivity contribution in [3.8, 4) is 11.5 Å². The summed E-state index contributed by atoms with van der Waals surface area (Å²) >= 11 is 0. The van der Waals surface area contributed by atoms with Crippen molar-refractivity contribution >= 4 is 5.91 Å². The molecular weight excluding hydrogens is 316 g/mol. The van der Waals surface area contributed by atoms with Crippen LogP contribution in [0, 0.1) is 0 Å². The van der Waals surface area contributed by atoms with E-state index in [9.17, 15) is 4.79 Å². The van der Waals surface area contributed by atoms with Gasteiger partial charge < -0.3 is 14.4 Å². The monoisotopic (exact) mass is 346 g/mol. The molecule has 1 amide bonds. The number of rotatable bonds is 4. The lowest BCUT2D eigenvalue weighted by molar-refractivity contribution is -0.132. The summed E-state index contributed by atoms with van der Waals surface area (Å²) in [6.45, 7) is 4.49. The number of hydrogen-bond donors (Lipinski definition) is 0. The Hall–Kier alpha value is -1.75. The summed E-state index contributed by atoms with van der Waals surface area (Å²) < 4.78 is 11.0. The van der Waals surface area contributed by atoms with E-state index in [0.29, 0.717) is 12.1 Å². The highest BCUT2D eigenvalue weighted by Crippen LogP contribution is 2.35. The first-order chi connectivity index (χ1) is 12.2. The lowest BCUT2D eigenvalue weighted by Gasteiger charge is -2.37. The molecule has 0 aromatic heterocycles. The van der Waals surface area contributed by atoms with Crippen molar-refractivity contribution in [2.45, 2.75) is 57.7 Å². The minimum Gasteiger partial charge on any atom is -0.493 e. The number of para-hydroxylation sites is 1. The normalized spacial score (nSPS) is 24.4. The summed E-state index contributed by atoms with van der Waals surface area (Å²) in [4.78, 5) is 16.8. The number of carbonyl (C=O) groups is 1. The first kappa shape index (κ1) is 18.1. The number of nitrogens with zero attached hydrogens (tertiary/aromatic N) is 2. The van der Waals surface area contributed by atoms with E-state index in [2.05, 4.69) is 15.9 Å². The first-order valence-electron chi connectivity index (χ1n) is 9.36. The Labute approximate surface area is 150 Å². The van der Waals surface area contributed by atoms with Gasteiger partial charge in [0.1, 0.15) is 0 Å². The Balaban J connectivity index is 1.81.